The molecular formula is C37H50N2O4. The fourth-order valence-electron chi connectivity index (χ4n) is 5.60. The average molecular weight is 587 g/mol. The topological polar surface area (TPSA) is 76.7 Å². The first kappa shape index (κ1) is 34.0. The molecule has 4 rings (SSSR count). The number of benzene rings is 3. The van der Waals surface area contributed by atoms with Crippen LogP contribution in [-0.4, -0.2) is 41.8 Å². The number of hydrogen-bond donors (Lipinski definition) is 2. The van der Waals surface area contributed by atoms with E-state index in [4.69, 9.17) is 9.47 Å². The van der Waals surface area contributed by atoms with Crippen molar-refractivity contribution >= 4 is 11.9 Å². The lowest BCUT2D eigenvalue weighted by atomic mass is 9.75. The zero-order valence-corrected chi connectivity index (χ0v) is 27.0. The van der Waals surface area contributed by atoms with Crippen molar-refractivity contribution in [1.29, 1.82) is 0 Å². The molecule has 6 nitrogen and oxygen atoms in total. The number of ether oxygens (including phenoxy) is 2. The maximum Gasteiger partial charge on any atom is 0.320 e. The van der Waals surface area contributed by atoms with Crippen LogP contribution in [-0.2, 0) is 24.6 Å². The molecule has 1 saturated carbocycles. The normalized spacial score (nSPS) is 17.3. The van der Waals surface area contributed by atoms with E-state index < -0.39 is 11.1 Å². The van der Waals surface area contributed by atoms with Gasteiger partial charge in [-0.3, -0.25) is 14.9 Å². The maximum atomic E-state index is 12.1. The second-order valence-electron chi connectivity index (χ2n) is 13.2. The highest BCUT2D eigenvalue weighted by molar-refractivity contribution is 5.72. The van der Waals surface area contributed by atoms with Gasteiger partial charge in [0, 0.05) is 19.0 Å². The zero-order valence-electron chi connectivity index (χ0n) is 27.0. The Morgan fingerprint density at radius 2 is 1.00 bits per heavy atom. The van der Waals surface area contributed by atoms with Crippen molar-refractivity contribution in [3.05, 3.63) is 108 Å². The highest BCUT2D eigenvalue weighted by Gasteiger charge is 2.38. The van der Waals surface area contributed by atoms with Crippen LogP contribution < -0.4 is 10.6 Å². The Hall–Kier alpha value is -3.48. The first-order valence-corrected chi connectivity index (χ1v) is 15.4. The predicted octanol–water partition coefficient (Wildman–Crippen LogP) is 7.16. The molecule has 0 saturated heterocycles. The molecule has 6 heteroatoms. The average Bonchev–Trinajstić information content (AvgIpc) is 2.95. The SMILES string of the molecule is CC(=O)OC(C)(C)C.CC(C)(C)OC(=O)CNC1CCC(NC(c2ccccc2)(c2ccccc2)c2ccccc2)CC1. The van der Waals surface area contributed by atoms with Gasteiger partial charge in [0.15, 0.2) is 0 Å². The Balaban J connectivity index is 0.000000557. The lowest BCUT2D eigenvalue weighted by Crippen LogP contribution is -2.52. The van der Waals surface area contributed by atoms with Crippen molar-refractivity contribution < 1.29 is 19.1 Å². The number of esters is 2. The summed E-state index contributed by atoms with van der Waals surface area (Å²) in [6.07, 6.45) is 4.13. The van der Waals surface area contributed by atoms with E-state index in [1.807, 2.05) is 41.5 Å². The minimum absolute atomic E-state index is 0.186. The molecule has 232 valence electrons. The van der Waals surface area contributed by atoms with Crippen molar-refractivity contribution in [2.45, 2.75) is 103 Å². The molecule has 0 radical (unpaired) electrons. The van der Waals surface area contributed by atoms with E-state index in [0.717, 1.165) is 25.7 Å². The van der Waals surface area contributed by atoms with Crippen LogP contribution in [0.25, 0.3) is 0 Å². The lowest BCUT2D eigenvalue weighted by Gasteiger charge is -2.42. The quantitative estimate of drug-likeness (QED) is 0.216. The molecule has 3 aromatic carbocycles. The Morgan fingerprint density at radius 1 is 0.628 bits per heavy atom. The summed E-state index contributed by atoms with van der Waals surface area (Å²) >= 11 is 0. The predicted molar refractivity (Wildman–Crippen MR) is 174 cm³/mol. The molecule has 1 fully saturated rings. The van der Waals surface area contributed by atoms with E-state index in [-0.39, 0.29) is 24.1 Å². The third kappa shape index (κ3) is 10.9. The number of carbonyl (C=O) groups excluding carboxylic acids is 2. The van der Waals surface area contributed by atoms with Crippen LogP contribution >= 0.6 is 0 Å². The minimum atomic E-state index is -0.448. The largest absolute Gasteiger partial charge is 0.460 e. The molecule has 43 heavy (non-hydrogen) atoms. The second-order valence-corrected chi connectivity index (χ2v) is 13.2. The second kappa shape index (κ2) is 15.3. The van der Waals surface area contributed by atoms with Crippen molar-refractivity contribution in [2.24, 2.45) is 0 Å². The molecular weight excluding hydrogens is 536 g/mol. The van der Waals surface area contributed by atoms with Crippen molar-refractivity contribution in [3.63, 3.8) is 0 Å². The molecule has 1 aliphatic carbocycles. The Labute approximate surface area is 258 Å². The minimum Gasteiger partial charge on any atom is -0.460 e. The highest BCUT2D eigenvalue weighted by atomic mass is 16.6. The summed E-state index contributed by atoms with van der Waals surface area (Å²) in [4.78, 5) is 22.4. The Bertz CT molecular complexity index is 1160. The van der Waals surface area contributed by atoms with E-state index in [1.165, 1.54) is 23.6 Å². The summed E-state index contributed by atoms with van der Waals surface area (Å²) < 4.78 is 10.2. The van der Waals surface area contributed by atoms with Crippen LogP contribution in [0.2, 0.25) is 0 Å². The number of rotatable bonds is 8. The van der Waals surface area contributed by atoms with Crippen molar-refractivity contribution in [1.82, 2.24) is 10.6 Å². The first-order chi connectivity index (χ1) is 20.3. The van der Waals surface area contributed by atoms with Crippen LogP contribution in [0, 0.1) is 0 Å². The van der Waals surface area contributed by atoms with Gasteiger partial charge in [0.1, 0.15) is 11.2 Å². The fraction of sp³-hybridized carbons (Fsp3) is 0.459. The van der Waals surface area contributed by atoms with Gasteiger partial charge in [0.05, 0.1) is 12.1 Å². The number of hydrogen-bond acceptors (Lipinski definition) is 6. The van der Waals surface area contributed by atoms with Crippen LogP contribution in [0.5, 0.6) is 0 Å². The number of nitrogens with one attached hydrogen (secondary N) is 2. The summed E-state index contributed by atoms with van der Waals surface area (Å²) in [6.45, 7) is 12.9. The molecule has 3 aromatic rings. The van der Waals surface area contributed by atoms with Gasteiger partial charge < -0.3 is 14.8 Å². The van der Waals surface area contributed by atoms with Gasteiger partial charge in [-0.05, 0) is 83.9 Å². The van der Waals surface area contributed by atoms with Crippen LogP contribution in [0.15, 0.2) is 91.0 Å². The van der Waals surface area contributed by atoms with Gasteiger partial charge in [0.25, 0.3) is 0 Å². The summed E-state index contributed by atoms with van der Waals surface area (Å²) in [6, 6.07) is 33.0. The zero-order chi connectivity index (χ0) is 31.5. The Kier molecular flexibility index (Phi) is 12.1. The van der Waals surface area contributed by atoms with E-state index in [1.54, 1.807) is 0 Å². The smallest absolute Gasteiger partial charge is 0.320 e. The fourth-order valence-corrected chi connectivity index (χ4v) is 5.60. The monoisotopic (exact) mass is 586 g/mol. The molecule has 0 aliphatic heterocycles. The van der Waals surface area contributed by atoms with E-state index in [0.29, 0.717) is 12.1 Å². The molecule has 0 aromatic heterocycles. The van der Waals surface area contributed by atoms with Gasteiger partial charge in [-0.15, -0.1) is 0 Å². The van der Waals surface area contributed by atoms with Gasteiger partial charge in [-0.1, -0.05) is 91.0 Å². The first-order valence-electron chi connectivity index (χ1n) is 15.4. The van der Waals surface area contributed by atoms with Gasteiger partial charge in [0.2, 0.25) is 0 Å². The lowest BCUT2D eigenvalue weighted by molar-refractivity contribution is -0.154. The highest BCUT2D eigenvalue weighted by Crippen LogP contribution is 2.38. The van der Waals surface area contributed by atoms with Gasteiger partial charge in [-0.2, -0.15) is 0 Å². The maximum absolute atomic E-state index is 12.1. The third-order valence-corrected chi connectivity index (χ3v) is 7.17. The van der Waals surface area contributed by atoms with Crippen molar-refractivity contribution in [2.75, 3.05) is 6.54 Å². The van der Waals surface area contributed by atoms with Gasteiger partial charge >= 0.3 is 11.9 Å². The van der Waals surface area contributed by atoms with Gasteiger partial charge in [-0.25, -0.2) is 0 Å². The molecule has 0 unspecified atom stereocenters. The molecule has 2 N–H and O–H groups in total. The molecule has 1 aliphatic rings. The Morgan fingerprint density at radius 3 is 1.33 bits per heavy atom. The van der Waals surface area contributed by atoms with Crippen LogP contribution in [0.1, 0.15) is 90.8 Å². The molecule has 0 atom stereocenters. The van der Waals surface area contributed by atoms with E-state index >= 15 is 0 Å². The van der Waals surface area contributed by atoms with E-state index in [9.17, 15) is 9.59 Å². The summed E-state index contributed by atoms with van der Waals surface area (Å²) in [5.74, 6) is -0.411. The summed E-state index contributed by atoms with van der Waals surface area (Å²) in [5.41, 5.74) is 2.50. The summed E-state index contributed by atoms with van der Waals surface area (Å²) in [5, 5.41) is 7.54. The molecule has 0 heterocycles. The third-order valence-electron chi connectivity index (χ3n) is 7.17. The van der Waals surface area contributed by atoms with E-state index in [2.05, 4.69) is 102 Å². The molecule has 0 bridgehead atoms. The molecule has 0 spiro atoms. The standard InChI is InChI=1S/C31H38N2O2.C6H12O2/c1-30(2,3)35-29(34)23-32-27-19-21-28(22-20-27)33-31(24-13-7-4-8-14-24,25-15-9-5-10-16-25)26-17-11-6-12-18-26;1-5(7)8-6(2,3)4/h4-18,27-28,32-33H,19-23H2,1-3H3;1-4H3. The summed E-state index contributed by atoms with van der Waals surface area (Å²) in [7, 11) is 0. The van der Waals surface area contributed by atoms with Crippen LogP contribution in [0.3, 0.4) is 0 Å². The van der Waals surface area contributed by atoms with Crippen LogP contribution in [0.4, 0.5) is 0 Å². The number of carbonyl (C=O) groups is 2. The van der Waals surface area contributed by atoms with Crippen molar-refractivity contribution in [3.8, 4) is 0 Å². The molecule has 0 amide bonds.